The van der Waals surface area contributed by atoms with Crippen LogP contribution >= 0.6 is 0 Å². The van der Waals surface area contributed by atoms with Crippen molar-refractivity contribution in [3.8, 4) is 0 Å². The van der Waals surface area contributed by atoms with E-state index in [1.54, 1.807) is 35.3 Å². The first-order valence-electron chi connectivity index (χ1n) is 9.06. The third kappa shape index (κ3) is 4.72. The molecule has 1 amide bonds. The van der Waals surface area contributed by atoms with Crippen molar-refractivity contribution in [3.05, 3.63) is 42.5 Å². The van der Waals surface area contributed by atoms with Crippen molar-refractivity contribution in [1.82, 2.24) is 24.4 Å². The highest BCUT2D eigenvalue weighted by molar-refractivity contribution is 7.89. The Morgan fingerprint density at radius 2 is 2.07 bits per heavy atom. The van der Waals surface area contributed by atoms with Gasteiger partial charge in [0, 0.05) is 19.1 Å². The third-order valence-electron chi connectivity index (χ3n) is 4.73. The van der Waals surface area contributed by atoms with Crippen LogP contribution in [0, 0.1) is 12.8 Å². The molecule has 1 N–H and O–H groups in total. The van der Waals surface area contributed by atoms with Gasteiger partial charge in [0.1, 0.15) is 12.7 Å². The molecule has 1 aromatic carbocycles. The van der Waals surface area contributed by atoms with Crippen molar-refractivity contribution in [1.29, 1.82) is 0 Å². The first-order valence-corrected chi connectivity index (χ1v) is 10.5. The van der Waals surface area contributed by atoms with Crippen LogP contribution in [0.5, 0.6) is 0 Å². The van der Waals surface area contributed by atoms with Crippen molar-refractivity contribution in [2.24, 2.45) is 5.92 Å². The van der Waals surface area contributed by atoms with Gasteiger partial charge in [-0.05, 0) is 38.8 Å². The van der Waals surface area contributed by atoms with Crippen LogP contribution in [0.1, 0.15) is 25.3 Å². The molecule has 0 aliphatic carbocycles. The number of carbonyl (C=O) groups excluding carboxylic acids is 1. The van der Waals surface area contributed by atoms with Gasteiger partial charge in [-0.25, -0.2) is 13.4 Å². The molecular weight excluding hydrogens is 366 g/mol. The van der Waals surface area contributed by atoms with E-state index in [2.05, 4.69) is 15.4 Å². The quantitative estimate of drug-likeness (QED) is 0.798. The van der Waals surface area contributed by atoms with Crippen molar-refractivity contribution >= 4 is 15.9 Å². The zero-order valence-electron chi connectivity index (χ0n) is 15.6. The molecule has 2 atom stereocenters. The molecule has 0 bridgehead atoms. The molecule has 0 radical (unpaired) electrons. The SMILES string of the molecule is Cc1ccc(S(=O)(=O)N2CCCC(C(=O)NC(C)Cn3cncn3)C2)cc1. The van der Waals surface area contributed by atoms with Gasteiger partial charge in [-0.3, -0.25) is 9.48 Å². The molecule has 9 heteroatoms. The van der Waals surface area contributed by atoms with Gasteiger partial charge in [0.15, 0.2) is 0 Å². The van der Waals surface area contributed by atoms with E-state index in [1.165, 1.54) is 10.6 Å². The second kappa shape index (κ2) is 8.18. The fourth-order valence-corrected chi connectivity index (χ4v) is 4.77. The monoisotopic (exact) mass is 391 g/mol. The number of aromatic nitrogens is 3. The predicted octanol–water partition coefficient (Wildman–Crippen LogP) is 1.19. The third-order valence-corrected chi connectivity index (χ3v) is 6.61. The maximum Gasteiger partial charge on any atom is 0.243 e. The van der Waals surface area contributed by atoms with Gasteiger partial charge >= 0.3 is 0 Å². The first kappa shape index (κ1) is 19.5. The molecule has 0 spiro atoms. The zero-order valence-corrected chi connectivity index (χ0v) is 16.4. The van der Waals surface area contributed by atoms with Crippen LogP contribution in [-0.4, -0.2) is 52.5 Å². The van der Waals surface area contributed by atoms with Gasteiger partial charge in [0.05, 0.1) is 17.4 Å². The van der Waals surface area contributed by atoms with E-state index in [4.69, 9.17) is 0 Å². The van der Waals surface area contributed by atoms with E-state index in [1.807, 2.05) is 13.8 Å². The van der Waals surface area contributed by atoms with Crippen molar-refractivity contribution < 1.29 is 13.2 Å². The second-order valence-corrected chi connectivity index (χ2v) is 8.98. The summed E-state index contributed by atoms with van der Waals surface area (Å²) >= 11 is 0. The number of aryl methyl sites for hydroxylation is 1. The summed E-state index contributed by atoms with van der Waals surface area (Å²) in [6.45, 7) is 4.97. The van der Waals surface area contributed by atoms with Crippen LogP contribution < -0.4 is 5.32 Å². The van der Waals surface area contributed by atoms with E-state index < -0.39 is 10.0 Å². The molecule has 8 nitrogen and oxygen atoms in total. The highest BCUT2D eigenvalue weighted by atomic mass is 32.2. The topological polar surface area (TPSA) is 97.2 Å². The molecule has 146 valence electrons. The van der Waals surface area contributed by atoms with Crippen molar-refractivity contribution in [2.45, 2.75) is 44.2 Å². The lowest BCUT2D eigenvalue weighted by Gasteiger charge is -2.31. The lowest BCUT2D eigenvalue weighted by molar-refractivity contribution is -0.126. The van der Waals surface area contributed by atoms with Crippen LogP contribution in [0.4, 0.5) is 0 Å². The first-order chi connectivity index (χ1) is 12.9. The van der Waals surface area contributed by atoms with Crippen LogP contribution in [0.2, 0.25) is 0 Å². The minimum absolute atomic E-state index is 0.119. The summed E-state index contributed by atoms with van der Waals surface area (Å²) in [5.74, 6) is -0.469. The number of rotatable bonds is 6. The number of piperidine rings is 1. The minimum Gasteiger partial charge on any atom is -0.352 e. The number of hydrogen-bond acceptors (Lipinski definition) is 5. The molecule has 27 heavy (non-hydrogen) atoms. The molecule has 3 rings (SSSR count). The molecule has 1 aromatic heterocycles. The Morgan fingerprint density at radius 1 is 1.33 bits per heavy atom. The molecule has 2 unspecified atom stereocenters. The van der Waals surface area contributed by atoms with Crippen LogP contribution in [0.25, 0.3) is 0 Å². The molecule has 2 aromatic rings. The molecular formula is C18H25N5O3S. The average molecular weight is 391 g/mol. The summed E-state index contributed by atoms with van der Waals surface area (Å²) in [5.41, 5.74) is 1.01. The molecule has 2 heterocycles. The minimum atomic E-state index is -3.58. The van der Waals surface area contributed by atoms with Gasteiger partial charge in [-0.1, -0.05) is 17.7 Å². The zero-order chi connectivity index (χ0) is 19.4. The van der Waals surface area contributed by atoms with Crippen LogP contribution in [0.15, 0.2) is 41.8 Å². The molecule has 1 aliphatic rings. The Balaban J connectivity index is 1.62. The summed E-state index contributed by atoms with van der Waals surface area (Å²) in [6.07, 6.45) is 4.39. The molecule has 1 fully saturated rings. The summed E-state index contributed by atoms with van der Waals surface area (Å²) in [5, 5.41) is 6.98. The molecule has 1 aliphatic heterocycles. The van der Waals surface area contributed by atoms with Gasteiger partial charge < -0.3 is 5.32 Å². The fraction of sp³-hybridized carbons (Fsp3) is 0.500. The number of nitrogens with one attached hydrogen (secondary N) is 1. The maximum atomic E-state index is 12.9. The van der Waals surface area contributed by atoms with Gasteiger partial charge in [-0.15, -0.1) is 0 Å². The highest BCUT2D eigenvalue weighted by Crippen LogP contribution is 2.24. The number of hydrogen-bond donors (Lipinski definition) is 1. The maximum absolute atomic E-state index is 12.9. The number of benzene rings is 1. The number of nitrogens with zero attached hydrogens (tertiary/aromatic N) is 4. The van der Waals surface area contributed by atoms with Gasteiger partial charge in [0.2, 0.25) is 15.9 Å². The van der Waals surface area contributed by atoms with E-state index in [0.717, 1.165) is 5.56 Å². The standard InChI is InChI=1S/C18H25N5O3S/c1-14-5-7-17(8-6-14)27(25,26)23-9-3-4-16(11-23)18(24)21-15(2)10-22-13-19-12-20-22/h5-8,12-13,15-16H,3-4,9-11H2,1-2H3,(H,21,24). The van der Waals surface area contributed by atoms with Crippen LogP contribution in [-0.2, 0) is 21.4 Å². The lowest BCUT2D eigenvalue weighted by atomic mass is 9.98. The summed E-state index contributed by atoms with van der Waals surface area (Å²) in [7, 11) is -3.58. The smallest absolute Gasteiger partial charge is 0.243 e. The van der Waals surface area contributed by atoms with E-state index in [9.17, 15) is 13.2 Å². The van der Waals surface area contributed by atoms with E-state index in [-0.39, 0.29) is 29.3 Å². The number of carbonyl (C=O) groups is 1. The van der Waals surface area contributed by atoms with Crippen molar-refractivity contribution in [3.63, 3.8) is 0 Å². The predicted molar refractivity (Wildman–Crippen MR) is 100 cm³/mol. The fourth-order valence-electron chi connectivity index (χ4n) is 3.25. The van der Waals surface area contributed by atoms with Crippen LogP contribution in [0.3, 0.4) is 0 Å². The Kier molecular flexibility index (Phi) is 5.91. The average Bonchev–Trinajstić information content (AvgIpc) is 3.15. The van der Waals surface area contributed by atoms with Gasteiger partial charge in [-0.2, -0.15) is 9.40 Å². The lowest BCUT2D eigenvalue weighted by Crippen LogP contribution is -2.47. The Morgan fingerprint density at radius 3 is 2.74 bits per heavy atom. The molecule has 1 saturated heterocycles. The Hall–Kier alpha value is -2.26. The Labute approximate surface area is 159 Å². The van der Waals surface area contributed by atoms with E-state index >= 15 is 0 Å². The number of amides is 1. The summed E-state index contributed by atoms with van der Waals surface area (Å²) < 4.78 is 28.8. The van der Waals surface area contributed by atoms with Crippen molar-refractivity contribution in [2.75, 3.05) is 13.1 Å². The highest BCUT2D eigenvalue weighted by Gasteiger charge is 2.33. The Bertz CT molecular complexity index is 865. The summed E-state index contributed by atoms with van der Waals surface area (Å²) in [6, 6.07) is 6.69. The summed E-state index contributed by atoms with van der Waals surface area (Å²) in [4.78, 5) is 16.8. The normalized spacial score (nSPS) is 19.6. The van der Waals surface area contributed by atoms with Gasteiger partial charge in [0.25, 0.3) is 0 Å². The molecule has 0 saturated carbocycles. The van der Waals surface area contributed by atoms with E-state index in [0.29, 0.717) is 25.9 Å². The largest absolute Gasteiger partial charge is 0.352 e. The second-order valence-electron chi connectivity index (χ2n) is 7.04. The number of sulfonamides is 1.